The highest BCUT2D eigenvalue weighted by molar-refractivity contribution is 6.23. The van der Waals surface area contributed by atoms with Crippen molar-refractivity contribution in [2.45, 2.75) is 89.6 Å². The zero-order chi connectivity index (χ0) is 23.4. The lowest BCUT2D eigenvalue weighted by molar-refractivity contribution is -0.146. The number of rotatable bonds is 6. The van der Waals surface area contributed by atoms with Gasteiger partial charge < -0.3 is 9.64 Å². The van der Waals surface area contributed by atoms with Crippen molar-refractivity contribution in [3.8, 4) is 0 Å². The number of nitrogens with zero attached hydrogens (tertiary/aromatic N) is 2. The first-order valence-electron chi connectivity index (χ1n) is 12.5. The fourth-order valence-corrected chi connectivity index (χ4v) is 5.57. The molecule has 1 saturated heterocycles. The molecular weight excluding hydrogens is 420 g/mol. The molecule has 2 saturated carbocycles. The van der Waals surface area contributed by atoms with E-state index in [0.717, 1.165) is 64.2 Å². The average Bonchev–Trinajstić information content (AvgIpc) is 3.14. The van der Waals surface area contributed by atoms with Gasteiger partial charge in [-0.15, -0.1) is 0 Å². The molecule has 7 nitrogen and oxygen atoms in total. The van der Waals surface area contributed by atoms with Crippen molar-refractivity contribution in [3.05, 3.63) is 29.8 Å². The summed E-state index contributed by atoms with van der Waals surface area (Å²) >= 11 is 0. The monoisotopic (exact) mass is 454 g/mol. The number of ether oxygens (including phenoxy) is 1. The second-order valence-electron chi connectivity index (χ2n) is 9.43. The van der Waals surface area contributed by atoms with Crippen LogP contribution in [0.15, 0.2) is 24.3 Å². The molecular formula is C26H34N2O5. The summed E-state index contributed by atoms with van der Waals surface area (Å²) in [6.45, 7) is 2.01. The Bertz CT molecular complexity index is 884. The lowest BCUT2D eigenvalue weighted by Gasteiger charge is -2.40. The summed E-state index contributed by atoms with van der Waals surface area (Å²) in [5.74, 6) is -1.05. The number of amides is 3. The Morgan fingerprint density at radius 3 is 2.15 bits per heavy atom. The van der Waals surface area contributed by atoms with Gasteiger partial charge in [-0.3, -0.25) is 14.4 Å². The van der Waals surface area contributed by atoms with Crippen molar-refractivity contribution < 1.29 is 23.9 Å². The number of carbonyl (C=O) groups is 4. The van der Waals surface area contributed by atoms with Crippen LogP contribution in [0.3, 0.4) is 0 Å². The normalized spacial score (nSPS) is 22.5. The Morgan fingerprint density at radius 1 is 0.939 bits per heavy atom. The molecule has 1 unspecified atom stereocenters. The second kappa shape index (κ2) is 10.5. The van der Waals surface area contributed by atoms with Crippen molar-refractivity contribution in [3.63, 3.8) is 0 Å². The van der Waals surface area contributed by atoms with E-state index < -0.39 is 12.0 Å². The van der Waals surface area contributed by atoms with Gasteiger partial charge in [-0.2, -0.15) is 0 Å². The topological polar surface area (TPSA) is 84.0 Å². The summed E-state index contributed by atoms with van der Waals surface area (Å²) in [5, 5.41) is 0. The van der Waals surface area contributed by atoms with E-state index in [2.05, 4.69) is 0 Å². The molecule has 0 spiro atoms. The number of imide groups is 1. The largest absolute Gasteiger partial charge is 0.462 e. The van der Waals surface area contributed by atoms with Gasteiger partial charge in [0.2, 0.25) is 11.8 Å². The van der Waals surface area contributed by atoms with E-state index >= 15 is 0 Å². The molecule has 33 heavy (non-hydrogen) atoms. The third-order valence-electron chi connectivity index (χ3n) is 7.27. The van der Waals surface area contributed by atoms with Gasteiger partial charge in [-0.05, 0) is 56.9 Å². The SMILES string of the molecule is CCOC(=O)c1ccc(N2C(=O)CC(N(C(=O)C3CCCCC3)C3CCCCC3)C2=O)cc1. The van der Waals surface area contributed by atoms with Crippen LogP contribution in [0, 0.1) is 5.92 Å². The Morgan fingerprint density at radius 2 is 1.55 bits per heavy atom. The van der Waals surface area contributed by atoms with Crippen molar-refractivity contribution in [1.82, 2.24) is 4.90 Å². The van der Waals surface area contributed by atoms with E-state index in [1.54, 1.807) is 31.2 Å². The van der Waals surface area contributed by atoms with Crippen LogP contribution in [-0.2, 0) is 19.1 Å². The maximum atomic E-state index is 13.7. The lowest BCUT2D eigenvalue weighted by atomic mass is 9.86. The van der Waals surface area contributed by atoms with E-state index in [1.807, 2.05) is 4.90 Å². The molecule has 178 valence electrons. The highest BCUT2D eigenvalue weighted by atomic mass is 16.5. The maximum Gasteiger partial charge on any atom is 0.338 e. The summed E-state index contributed by atoms with van der Waals surface area (Å²) in [6, 6.07) is 5.61. The zero-order valence-corrected chi connectivity index (χ0v) is 19.5. The molecule has 0 aromatic heterocycles. The van der Waals surface area contributed by atoms with Crippen LogP contribution in [0.25, 0.3) is 0 Å². The summed E-state index contributed by atoms with van der Waals surface area (Å²) in [6.07, 6.45) is 10.0. The second-order valence-corrected chi connectivity index (χ2v) is 9.43. The van der Waals surface area contributed by atoms with Crippen LogP contribution in [0.4, 0.5) is 5.69 Å². The molecule has 3 amide bonds. The number of carbonyl (C=O) groups excluding carboxylic acids is 4. The summed E-state index contributed by atoms with van der Waals surface area (Å²) in [5.41, 5.74) is 0.793. The molecule has 1 heterocycles. The Labute approximate surface area is 195 Å². The van der Waals surface area contributed by atoms with Gasteiger partial charge in [0, 0.05) is 12.0 Å². The van der Waals surface area contributed by atoms with Crippen LogP contribution in [-0.4, -0.2) is 47.3 Å². The number of hydrogen-bond donors (Lipinski definition) is 0. The molecule has 1 aliphatic heterocycles. The number of anilines is 1. The van der Waals surface area contributed by atoms with Crippen molar-refractivity contribution in [1.29, 1.82) is 0 Å². The van der Waals surface area contributed by atoms with Gasteiger partial charge in [0.25, 0.3) is 5.91 Å². The Balaban J connectivity index is 1.57. The van der Waals surface area contributed by atoms with Crippen LogP contribution in [0.5, 0.6) is 0 Å². The molecule has 1 atom stereocenters. The van der Waals surface area contributed by atoms with Crippen LogP contribution in [0.2, 0.25) is 0 Å². The minimum absolute atomic E-state index is 0.0213. The molecule has 0 radical (unpaired) electrons. The predicted molar refractivity (Wildman–Crippen MR) is 124 cm³/mol. The molecule has 0 bridgehead atoms. The third-order valence-corrected chi connectivity index (χ3v) is 7.27. The van der Waals surface area contributed by atoms with E-state index in [-0.39, 0.29) is 42.7 Å². The number of esters is 1. The Hall–Kier alpha value is -2.70. The van der Waals surface area contributed by atoms with Crippen LogP contribution < -0.4 is 4.90 Å². The van der Waals surface area contributed by atoms with E-state index in [1.165, 1.54) is 4.90 Å². The standard InChI is InChI=1S/C26H34N2O5/c1-2-33-26(32)19-13-15-21(16-14-19)28-23(29)17-22(25(28)31)27(20-11-7-4-8-12-20)24(30)18-9-5-3-6-10-18/h13-16,18,20,22H,2-12,17H2,1H3. The van der Waals surface area contributed by atoms with E-state index in [9.17, 15) is 19.2 Å². The minimum atomic E-state index is -0.736. The smallest absolute Gasteiger partial charge is 0.338 e. The molecule has 1 aromatic carbocycles. The first kappa shape index (κ1) is 23.5. The fourth-order valence-electron chi connectivity index (χ4n) is 5.57. The summed E-state index contributed by atoms with van der Waals surface area (Å²) < 4.78 is 5.00. The zero-order valence-electron chi connectivity index (χ0n) is 19.5. The first-order chi connectivity index (χ1) is 16.0. The lowest BCUT2D eigenvalue weighted by Crippen LogP contribution is -2.53. The van der Waals surface area contributed by atoms with E-state index in [0.29, 0.717) is 11.3 Å². The Kier molecular flexibility index (Phi) is 7.46. The highest BCUT2D eigenvalue weighted by Gasteiger charge is 2.47. The van der Waals surface area contributed by atoms with Gasteiger partial charge in [0.05, 0.1) is 24.3 Å². The average molecular weight is 455 g/mol. The highest BCUT2D eigenvalue weighted by Crippen LogP contribution is 2.34. The van der Waals surface area contributed by atoms with Gasteiger partial charge in [0.15, 0.2) is 0 Å². The first-order valence-corrected chi connectivity index (χ1v) is 12.5. The summed E-state index contributed by atoms with van der Waals surface area (Å²) in [7, 11) is 0. The van der Waals surface area contributed by atoms with Gasteiger partial charge in [-0.25, -0.2) is 9.69 Å². The van der Waals surface area contributed by atoms with E-state index in [4.69, 9.17) is 4.74 Å². The molecule has 3 fully saturated rings. The predicted octanol–water partition coefficient (Wildman–Crippen LogP) is 4.24. The van der Waals surface area contributed by atoms with Crippen molar-refractivity contribution in [2.24, 2.45) is 5.92 Å². The fraction of sp³-hybridized carbons (Fsp3) is 0.615. The third kappa shape index (κ3) is 4.97. The summed E-state index contributed by atoms with van der Waals surface area (Å²) in [4.78, 5) is 55.1. The van der Waals surface area contributed by atoms with Crippen LogP contribution >= 0.6 is 0 Å². The number of hydrogen-bond acceptors (Lipinski definition) is 5. The minimum Gasteiger partial charge on any atom is -0.462 e. The molecule has 1 aromatic rings. The maximum absolute atomic E-state index is 13.7. The molecule has 4 rings (SSSR count). The molecule has 7 heteroatoms. The van der Waals surface area contributed by atoms with Crippen LogP contribution in [0.1, 0.15) is 87.9 Å². The molecule has 3 aliphatic rings. The van der Waals surface area contributed by atoms with Gasteiger partial charge in [-0.1, -0.05) is 38.5 Å². The van der Waals surface area contributed by atoms with Crippen molar-refractivity contribution >= 4 is 29.4 Å². The molecule has 2 aliphatic carbocycles. The number of benzene rings is 1. The van der Waals surface area contributed by atoms with Gasteiger partial charge in [0.1, 0.15) is 6.04 Å². The molecule has 0 N–H and O–H groups in total. The van der Waals surface area contributed by atoms with Crippen molar-refractivity contribution in [2.75, 3.05) is 11.5 Å². The quantitative estimate of drug-likeness (QED) is 0.474. The van der Waals surface area contributed by atoms with Gasteiger partial charge >= 0.3 is 5.97 Å².